The molecule has 1 unspecified atom stereocenters. The van der Waals surface area contributed by atoms with Gasteiger partial charge in [-0.2, -0.15) is 0 Å². The second kappa shape index (κ2) is 9.56. The molecule has 30 heavy (non-hydrogen) atoms. The van der Waals surface area contributed by atoms with E-state index in [2.05, 4.69) is 27.0 Å². The zero-order valence-electron chi connectivity index (χ0n) is 16.8. The molecule has 8 heteroatoms. The van der Waals surface area contributed by atoms with Gasteiger partial charge in [-0.3, -0.25) is 4.90 Å². The third-order valence-corrected chi connectivity index (χ3v) is 6.76. The summed E-state index contributed by atoms with van der Waals surface area (Å²) in [5, 5.41) is 10.6. The van der Waals surface area contributed by atoms with Crippen molar-refractivity contribution in [2.24, 2.45) is 0 Å². The maximum Gasteiger partial charge on any atom is 0.114 e. The smallest absolute Gasteiger partial charge is 0.114 e. The van der Waals surface area contributed by atoms with E-state index >= 15 is 0 Å². The highest BCUT2D eigenvalue weighted by Gasteiger charge is 2.20. The molecule has 0 aliphatic carbocycles. The van der Waals surface area contributed by atoms with Crippen molar-refractivity contribution in [2.45, 2.75) is 19.4 Å². The third kappa shape index (κ3) is 4.75. The van der Waals surface area contributed by atoms with Crippen LogP contribution >= 0.6 is 34.8 Å². The standard InChI is InChI=1S/C22H24Cl3N5/c1-16(30-15-20(26-27-30)17-5-2-3-6-18(17)23)9-10-28-11-13-29(14-12-28)21-8-4-7-19(24)22(21)25/h2-8,15-16H,9-14H2,1H3. The largest absolute Gasteiger partial charge is 0.368 e. The minimum absolute atomic E-state index is 0.258. The van der Waals surface area contributed by atoms with Crippen molar-refractivity contribution in [3.63, 3.8) is 0 Å². The van der Waals surface area contributed by atoms with Crippen molar-refractivity contribution in [1.82, 2.24) is 19.9 Å². The summed E-state index contributed by atoms with van der Waals surface area (Å²) in [6.07, 6.45) is 2.98. The lowest BCUT2D eigenvalue weighted by Gasteiger charge is -2.37. The van der Waals surface area contributed by atoms with E-state index in [1.165, 1.54) is 0 Å². The fourth-order valence-electron chi connectivity index (χ4n) is 3.74. The summed E-state index contributed by atoms with van der Waals surface area (Å²) in [6.45, 7) is 7.06. The summed E-state index contributed by atoms with van der Waals surface area (Å²) in [7, 11) is 0. The number of anilines is 1. The number of nitrogens with zero attached hydrogens (tertiary/aromatic N) is 5. The number of hydrogen-bond acceptors (Lipinski definition) is 4. The van der Waals surface area contributed by atoms with Gasteiger partial charge in [0.15, 0.2) is 0 Å². The maximum atomic E-state index is 6.38. The van der Waals surface area contributed by atoms with Crippen LogP contribution in [0.2, 0.25) is 15.1 Å². The van der Waals surface area contributed by atoms with Gasteiger partial charge in [-0.1, -0.05) is 64.3 Å². The van der Waals surface area contributed by atoms with Gasteiger partial charge in [0.1, 0.15) is 5.69 Å². The van der Waals surface area contributed by atoms with Gasteiger partial charge in [0.2, 0.25) is 0 Å². The molecule has 0 saturated carbocycles. The molecule has 1 saturated heterocycles. The molecule has 2 heterocycles. The minimum atomic E-state index is 0.258. The molecule has 0 radical (unpaired) electrons. The molecule has 5 nitrogen and oxygen atoms in total. The van der Waals surface area contributed by atoms with Crippen LogP contribution in [0.15, 0.2) is 48.7 Å². The van der Waals surface area contributed by atoms with E-state index < -0.39 is 0 Å². The fraction of sp³-hybridized carbons (Fsp3) is 0.364. The zero-order chi connectivity index (χ0) is 21.1. The highest BCUT2D eigenvalue weighted by molar-refractivity contribution is 6.43. The van der Waals surface area contributed by atoms with E-state index in [1.54, 1.807) is 0 Å². The molecule has 1 aliphatic heterocycles. The first kappa shape index (κ1) is 21.4. The number of halogens is 3. The van der Waals surface area contributed by atoms with Crippen molar-refractivity contribution >= 4 is 40.5 Å². The molecule has 0 N–H and O–H groups in total. The second-order valence-corrected chi connectivity index (χ2v) is 8.80. The molecular formula is C22H24Cl3N5. The quantitative estimate of drug-likeness (QED) is 0.470. The fourth-order valence-corrected chi connectivity index (χ4v) is 4.38. The molecule has 1 aromatic heterocycles. The van der Waals surface area contributed by atoms with Crippen molar-refractivity contribution in [2.75, 3.05) is 37.6 Å². The molecule has 158 valence electrons. The number of hydrogen-bond donors (Lipinski definition) is 0. The van der Waals surface area contributed by atoms with E-state index in [9.17, 15) is 0 Å². The van der Waals surface area contributed by atoms with Gasteiger partial charge in [-0.25, -0.2) is 4.68 Å². The number of piperazine rings is 1. The molecule has 1 fully saturated rings. The lowest BCUT2D eigenvalue weighted by atomic mass is 10.1. The zero-order valence-corrected chi connectivity index (χ0v) is 19.1. The maximum absolute atomic E-state index is 6.38. The lowest BCUT2D eigenvalue weighted by Crippen LogP contribution is -2.47. The summed E-state index contributed by atoms with van der Waals surface area (Å²) in [6, 6.07) is 13.8. The van der Waals surface area contributed by atoms with Crippen LogP contribution in [0.3, 0.4) is 0 Å². The lowest BCUT2D eigenvalue weighted by molar-refractivity contribution is 0.237. The van der Waals surface area contributed by atoms with E-state index in [-0.39, 0.29) is 6.04 Å². The van der Waals surface area contributed by atoms with Crippen LogP contribution in [-0.2, 0) is 0 Å². The van der Waals surface area contributed by atoms with Crippen LogP contribution in [0.25, 0.3) is 11.3 Å². The molecule has 1 atom stereocenters. The van der Waals surface area contributed by atoms with Crippen molar-refractivity contribution in [3.05, 3.63) is 63.7 Å². The monoisotopic (exact) mass is 463 g/mol. The summed E-state index contributed by atoms with van der Waals surface area (Å²) in [5.41, 5.74) is 2.74. The van der Waals surface area contributed by atoms with Gasteiger partial charge >= 0.3 is 0 Å². The Labute approximate surface area is 192 Å². The Bertz CT molecular complexity index is 998. The van der Waals surface area contributed by atoms with Crippen molar-refractivity contribution in [3.8, 4) is 11.3 Å². The molecule has 1 aliphatic rings. The van der Waals surface area contributed by atoms with Crippen LogP contribution in [0.4, 0.5) is 5.69 Å². The topological polar surface area (TPSA) is 37.2 Å². The molecule has 3 aromatic rings. The first-order valence-electron chi connectivity index (χ1n) is 10.1. The van der Waals surface area contributed by atoms with Gasteiger partial charge in [0.25, 0.3) is 0 Å². The van der Waals surface area contributed by atoms with Gasteiger partial charge in [-0.05, 0) is 31.5 Å². The normalized spacial score (nSPS) is 16.1. The molecule has 4 rings (SSSR count). The van der Waals surface area contributed by atoms with E-state index in [0.717, 1.165) is 56.1 Å². The predicted octanol–water partition coefficient (Wildman–Crippen LogP) is 5.68. The van der Waals surface area contributed by atoms with E-state index in [0.29, 0.717) is 15.1 Å². The van der Waals surface area contributed by atoms with Crippen molar-refractivity contribution < 1.29 is 0 Å². The average Bonchev–Trinajstić information content (AvgIpc) is 3.25. The first-order valence-corrected chi connectivity index (χ1v) is 11.2. The predicted molar refractivity (Wildman–Crippen MR) is 125 cm³/mol. The average molecular weight is 465 g/mol. The van der Waals surface area contributed by atoms with Crippen molar-refractivity contribution in [1.29, 1.82) is 0 Å². The Morgan fingerprint density at radius 3 is 2.43 bits per heavy atom. The second-order valence-electron chi connectivity index (χ2n) is 7.60. The summed E-state index contributed by atoms with van der Waals surface area (Å²) >= 11 is 18.8. The highest BCUT2D eigenvalue weighted by atomic mass is 35.5. The van der Waals surface area contributed by atoms with Crippen LogP contribution in [-0.4, -0.2) is 52.6 Å². The Morgan fingerprint density at radius 2 is 1.67 bits per heavy atom. The van der Waals surface area contributed by atoms with Crippen LogP contribution in [0.5, 0.6) is 0 Å². The molecule has 2 aromatic carbocycles. The van der Waals surface area contributed by atoms with Gasteiger partial charge in [0, 0.05) is 38.3 Å². The van der Waals surface area contributed by atoms with Gasteiger partial charge in [-0.15, -0.1) is 5.10 Å². The number of benzene rings is 2. The minimum Gasteiger partial charge on any atom is -0.368 e. The highest BCUT2D eigenvalue weighted by Crippen LogP contribution is 2.33. The number of rotatable bonds is 6. The number of aromatic nitrogens is 3. The molecular weight excluding hydrogens is 441 g/mol. The van der Waals surface area contributed by atoms with Crippen LogP contribution in [0.1, 0.15) is 19.4 Å². The molecule has 0 spiro atoms. The molecule has 0 bridgehead atoms. The SMILES string of the molecule is CC(CCN1CCN(c2cccc(Cl)c2Cl)CC1)n1cc(-c2ccccc2Cl)nn1. The molecule has 0 amide bonds. The third-order valence-electron chi connectivity index (χ3n) is 5.62. The Morgan fingerprint density at radius 1 is 0.933 bits per heavy atom. The van der Waals surface area contributed by atoms with E-state index in [1.807, 2.05) is 53.3 Å². The van der Waals surface area contributed by atoms with Gasteiger partial charge < -0.3 is 4.90 Å². The Balaban J connectivity index is 1.30. The summed E-state index contributed by atoms with van der Waals surface area (Å²) in [5.74, 6) is 0. The first-order chi connectivity index (χ1) is 14.5. The Hall–Kier alpha value is -1.79. The van der Waals surface area contributed by atoms with Gasteiger partial charge in [0.05, 0.1) is 33.0 Å². The summed E-state index contributed by atoms with van der Waals surface area (Å²) in [4.78, 5) is 4.79. The van der Waals surface area contributed by atoms with E-state index in [4.69, 9.17) is 34.8 Å². The summed E-state index contributed by atoms with van der Waals surface area (Å²) < 4.78 is 1.93. The Kier molecular flexibility index (Phi) is 6.84. The van der Waals surface area contributed by atoms with Crippen LogP contribution < -0.4 is 4.90 Å². The van der Waals surface area contributed by atoms with Crippen LogP contribution in [0, 0.1) is 0 Å².